The molecule has 1 aromatic carbocycles. The van der Waals surface area contributed by atoms with Crippen LogP contribution in [0.4, 0.5) is 4.39 Å². The molecule has 5 rings (SSSR count). The topological polar surface area (TPSA) is 97.8 Å². The molecule has 0 amide bonds. The van der Waals surface area contributed by atoms with Crippen LogP contribution in [0.3, 0.4) is 0 Å². The lowest BCUT2D eigenvalue weighted by Crippen LogP contribution is -2.54. The molecular weight excluding hydrogens is 453 g/mol. The number of alkyl halides is 1. The Kier molecular flexibility index (Phi) is 6.46. The van der Waals surface area contributed by atoms with Crippen LogP contribution in [0.1, 0.15) is 44.1 Å². The minimum atomic E-state index is -2.53. The molecule has 2 aliphatic rings. The van der Waals surface area contributed by atoms with Crippen LogP contribution >= 0.6 is 0 Å². The third-order valence-corrected chi connectivity index (χ3v) is 7.18. The zero-order valence-electron chi connectivity index (χ0n) is 19.8. The number of benzene rings is 1. The number of oxazole rings is 1. The Labute approximate surface area is 202 Å². The number of carbonyl (C=O) groups is 2. The van der Waals surface area contributed by atoms with Gasteiger partial charge in [0.05, 0.1) is 12.0 Å². The molecule has 1 aliphatic carbocycles. The molecule has 1 unspecified atom stereocenters. The minimum Gasteiger partial charge on any atom is -0.481 e. The van der Waals surface area contributed by atoms with Gasteiger partial charge in [0, 0.05) is 32.8 Å². The quantitative estimate of drug-likeness (QED) is 0.477. The molecule has 1 aliphatic heterocycles. The predicted octanol–water partition coefficient (Wildman–Crippen LogP) is 4.32. The SMILES string of the molecule is Cn1cccc1-c1nc2ccc(CC(=O)C(F)(OC3CCC(C(=O)O)CC3)N3CCCC3)cc2o1. The molecule has 1 N–H and O–H groups in total. The van der Waals surface area contributed by atoms with E-state index in [-0.39, 0.29) is 6.42 Å². The lowest BCUT2D eigenvalue weighted by molar-refractivity contribution is -0.252. The second kappa shape index (κ2) is 9.54. The van der Waals surface area contributed by atoms with Crippen LogP contribution < -0.4 is 0 Å². The molecule has 1 saturated carbocycles. The highest BCUT2D eigenvalue weighted by molar-refractivity contribution is 5.88. The number of Topliss-reactive ketones (excluding diaryl/α,β-unsaturated/α-hetero) is 1. The van der Waals surface area contributed by atoms with Crippen molar-refractivity contribution >= 4 is 22.9 Å². The molecule has 2 fully saturated rings. The van der Waals surface area contributed by atoms with Crippen LogP contribution in [0.15, 0.2) is 40.9 Å². The van der Waals surface area contributed by atoms with Crippen molar-refractivity contribution in [1.29, 1.82) is 0 Å². The van der Waals surface area contributed by atoms with E-state index in [9.17, 15) is 14.7 Å². The number of ether oxygens (including phenoxy) is 1. The number of halogens is 1. The fraction of sp³-hybridized carbons (Fsp3) is 0.500. The van der Waals surface area contributed by atoms with Gasteiger partial charge >= 0.3 is 11.9 Å². The van der Waals surface area contributed by atoms with Gasteiger partial charge < -0.3 is 18.8 Å². The average molecular weight is 484 g/mol. The van der Waals surface area contributed by atoms with E-state index in [0.29, 0.717) is 61.3 Å². The van der Waals surface area contributed by atoms with Crippen LogP contribution in [-0.2, 0) is 27.8 Å². The van der Waals surface area contributed by atoms with E-state index < -0.39 is 29.8 Å². The van der Waals surface area contributed by atoms with Crippen molar-refractivity contribution in [2.75, 3.05) is 13.1 Å². The van der Waals surface area contributed by atoms with E-state index in [4.69, 9.17) is 9.15 Å². The van der Waals surface area contributed by atoms with E-state index in [1.165, 1.54) is 4.90 Å². The summed E-state index contributed by atoms with van der Waals surface area (Å²) >= 11 is 0. The largest absolute Gasteiger partial charge is 0.481 e. The number of fused-ring (bicyclic) bond motifs is 1. The normalized spacial score (nSPS) is 22.9. The second-order valence-electron chi connectivity index (χ2n) is 9.61. The number of likely N-dealkylation sites (tertiary alicyclic amines) is 1. The van der Waals surface area contributed by atoms with E-state index >= 15 is 4.39 Å². The Morgan fingerprint density at radius 1 is 1.20 bits per heavy atom. The highest BCUT2D eigenvalue weighted by Gasteiger charge is 2.48. The van der Waals surface area contributed by atoms with Crippen molar-refractivity contribution in [2.45, 2.75) is 57.0 Å². The molecule has 9 heteroatoms. The monoisotopic (exact) mass is 483 g/mol. The van der Waals surface area contributed by atoms with Crippen molar-refractivity contribution in [3.63, 3.8) is 0 Å². The Morgan fingerprint density at radius 2 is 1.94 bits per heavy atom. The summed E-state index contributed by atoms with van der Waals surface area (Å²) in [6, 6.07) is 9.08. The van der Waals surface area contributed by atoms with Gasteiger partial charge in [-0.25, -0.2) is 9.88 Å². The summed E-state index contributed by atoms with van der Waals surface area (Å²) in [5.74, 6) is -3.96. The van der Waals surface area contributed by atoms with Gasteiger partial charge in [0.1, 0.15) is 11.2 Å². The first kappa shape index (κ1) is 23.7. The standard InChI is InChI=1S/C26H30FN3O5/c1-29-12-4-5-21(29)24-28-20-11-6-17(15-22(20)34-24)16-23(31)26(27,30-13-2-3-14-30)35-19-9-7-18(8-10-19)25(32)33/h4-6,11-12,15,18-19H,2-3,7-10,13-14,16H2,1H3,(H,32,33). The molecule has 8 nitrogen and oxygen atoms in total. The lowest BCUT2D eigenvalue weighted by Gasteiger charge is -2.37. The molecule has 0 radical (unpaired) electrons. The third kappa shape index (κ3) is 4.75. The molecule has 186 valence electrons. The number of carboxylic acid groups (broad SMARTS) is 1. The van der Waals surface area contributed by atoms with Crippen LogP contribution in [-0.4, -0.2) is 56.5 Å². The molecule has 2 aromatic heterocycles. The van der Waals surface area contributed by atoms with Gasteiger partial charge in [-0.2, -0.15) is 4.39 Å². The van der Waals surface area contributed by atoms with Crippen molar-refractivity contribution in [3.8, 4) is 11.6 Å². The smallest absolute Gasteiger partial charge is 0.330 e. The Bertz CT molecular complexity index is 1220. The van der Waals surface area contributed by atoms with Gasteiger partial charge in [-0.1, -0.05) is 6.07 Å². The number of ketones is 1. The van der Waals surface area contributed by atoms with Crippen molar-refractivity contribution < 1.29 is 28.2 Å². The maximum Gasteiger partial charge on any atom is 0.330 e. The summed E-state index contributed by atoms with van der Waals surface area (Å²) < 4.78 is 30.1. The second-order valence-corrected chi connectivity index (χ2v) is 9.61. The molecule has 3 heterocycles. The van der Waals surface area contributed by atoms with Crippen molar-refractivity contribution in [2.24, 2.45) is 13.0 Å². The van der Waals surface area contributed by atoms with Gasteiger partial charge in [-0.05, 0) is 68.4 Å². The highest BCUT2D eigenvalue weighted by Crippen LogP contribution is 2.34. The number of hydrogen-bond acceptors (Lipinski definition) is 6. The minimum absolute atomic E-state index is 0.145. The van der Waals surface area contributed by atoms with Crippen LogP contribution in [0.25, 0.3) is 22.7 Å². The summed E-state index contributed by atoms with van der Waals surface area (Å²) in [5.41, 5.74) is 2.65. The van der Waals surface area contributed by atoms with Crippen molar-refractivity contribution in [1.82, 2.24) is 14.5 Å². The number of aromatic nitrogens is 2. The number of aliphatic carboxylic acids is 1. The van der Waals surface area contributed by atoms with Gasteiger partial charge in [-0.15, -0.1) is 0 Å². The first-order chi connectivity index (χ1) is 16.8. The third-order valence-electron chi connectivity index (χ3n) is 7.18. The predicted molar refractivity (Wildman–Crippen MR) is 126 cm³/mol. The van der Waals surface area contributed by atoms with E-state index in [2.05, 4.69) is 4.98 Å². The summed E-state index contributed by atoms with van der Waals surface area (Å²) in [6.45, 7) is 0.905. The van der Waals surface area contributed by atoms with Crippen molar-refractivity contribution in [3.05, 3.63) is 42.1 Å². The van der Waals surface area contributed by atoms with Crippen LogP contribution in [0.5, 0.6) is 0 Å². The molecule has 3 aromatic rings. The number of carbonyl (C=O) groups excluding carboxylic acids is 1. The number of aryl methyl sites for hydroxylation is 1. The van der Waals surface area contributed by atoms with Crippen LogP contribution in [0.2, 0.25) is 0 Å². The molecule has 0 spiro atoms. The maximum absolute atomic E-state index is 16.4. The Hall–Kier alpha value is -3.04. The number of rotatable bonds is 8. The summed E-state index contributed by atoms with van der Waals surface area (Å²) in [7, 11) is 1.90. The first-order valence-corrected chi connectivity index (χ1v) is 12.2. The molecule has 35 heavy (non-hydrogen) atoms. The van der Waals surface area contributed by atoms with Gasteiger partial charge in [-0.3, -0.25) is 9.59 Å². The number of hydrogen-bond donors (Lipinski definition) is 1. The Balaban J connectivity index is 1.34. The fourth-order valence-corrected chi connectivity index (χ4v) is 5.14. The molecule has 0 bridgehead atoms. The summed E-state index contributed by atoms with van der Waals surface area (Å²) in [5, 5.41) is 9.24. The fourth-order valence-electron chi connectivity index (χ4n) is 5.14. The number of carboxylic acids is 1. The Morgan fingerprint density at radius 3 is 2.60 bits per heavy atom. The lowest BCUT2D eigenvalue weighted by atomic mass is 9.87. The number of nitrogens with zero attached hydrogens (tertiary/aromatic N) is 3. The van der Waals surface area contributed by atoms with Gasteiger partial charge in [0.2, 0.25) is 11.7 Å². The van der Waals surface area contributed by atoms with E-state index in [1.54, 1.807) is 18.2 Å². The molecule has 1 saturated heterocycles. The zero-order valence-corrected chi connectivity index (χ0v) is 19.8. The van der Waals surface area contributed by atoms with Gasteiger partial charge in [0.15, 0.2) is 5.58 Å². The zero-order chi connectivity index (χ0) is 24.6. The highest BCUT2D eigenvalue weighted by atomic mass is 19.2. The molecular formula is C26H30FN3O5. The van der Waals surface area contributed by atoms with E-state index in [0.717, 1.165) is 18.5 Å². The van der Waals surface area contributed by atoms with E-state index in [1.807, 2.05) is 29.9 Å². The average Bonchev–Trinajstić information content (AvgIpc) is 3.60. The first-order valence-electron chi connectivity index (χ1n) is 12.2. The van der Waals surface area contributed by atoms with Gasteiger partial charge in [0.25, 0.3) is 0 Å². The summed E-state index contributed by atoms with van der Waals surface area (Å²) in [4.78, 5) is 30.6. The maximum atomic E-state index is 16.4. The molecule has 1 atom stereocenters. The summed E-state index contributed by atoms with van der Waals surface area (Å²) in [6.07, 6.45) is 4.59. The van der Waals surface area contributed by atoms with Crippen LogP contribution in [0, 0.1) is 5.92 Å².